The number of halogens is 1. The van der Waals surface area contributed by atoms with Crippen LogP contribution < -0.4 is 0 Å². The summed E-state index contributed by atoms with van der Waals surface area (Å²) in [5, 5.41) is 9.35. The zero-order chi connectivity index (χ0) is 11.5. The van der Waals surface area contributed by atoms with E-state index in [1.165, 1.54) is 0 Å². The molecule has 4 nitrogen and oxygen atoms in total. The summed E-state index contributed by atoms with van der Waals surface area (Å²) < 4.78 is 5.07. The Balaban J connectivity index is 2.36. The number of aromatic nitrogens is 1. The SMILES string of the molecule is O=C(O)c1coc(C2=CC=CCC(Cl)=C2)n1. The van der Waals surface area contributed by atoms with Gasteiger partial charge >= 0.3 is 5.97 Å². The Labute approximate surface area is 96.5 Å². The van der Waals surface area contributed by atoms with Crippen LogP contribution in [0.25, 0.3) is 5.57 Å². The number of carboxylic acid groups (broad SMARTS) is 1. The molecule has 1 N–H and O–H groups in total. The lowest BCUT2D eigenvalue weighted by Crippen LogP contribution is -1.96. The molecule has 1 aromatic rings. The van der Waals surface area contributed by atoms with Gasteiger partial charge in [-0.1, -0.05) is 23.8 Å². The van der Waals surface area contributed by atoms with Gasteiger partial charge in [0.2, 0.25) is 5.89 Å². The van der Waals surface area contributed by atoms with Gasteiger partial charge in [0.25, 0.3) is 0 Å². The third-order valence-electron chi connectivity index (χ3n) is 2.01. The molecule has 0 amide bonds. The van der Waals surface area contributed by atoms with Crippen LogP contribution >= 0.6 is 11.6 Å². The van der Waals surface area contributed by atoms with Crippen LogP contribution in [0, 0.1) is 0 Å². The number of carboxylic acids is 1. The minimum Gasteiger partial charge on any atom is -0.476 e. The Morgan fingerprint density at radius 2 is 2.38 bits per heavy atom. The van der Waals surface area contributed by atoms with E-state index in [1.54, 1.807) is 12.2 Å². The molecule has 0 radical (unpaired) electrons. The second kappa shape index (κ2) is 4.37. The fourth-order valence-corrected chi connectivity index (χ4v) is 1.47. The van der Waals surface area contributed by atoms with Crippen LogP contribution in [0.3, 0.4) is 0 Å². The molecule has 0 aromatic carbocycles. The highest BCUT2D eigenvalue weighted by atomic mass is 35.5. The van der Waals surface area contributed by atoms with Gasteiger partial charge < -0.3 is 9.52 Å². The Kier molecular flexibility index (Phi) is 2.92. The van der Waals surface area contributed by atoms with E-state index in [0.717, 1.165) is 6.26 Å². The van der Waals surface area contributed by atoms with Crippen molar-refractivity contribution in [1.82, 2.24) is 4.98 Å². The van der Waals surface area contributed by atoms with E-state index in [4.69, 9.17) is 21.1 Å². The molecule has 2 rings (SSSR count). The molecule has 0 saturated carbocycles. The molecule has 1 aliphatic carbocycles. The predicted octanol–water partition coefficient (Wildman–Crippen LogP) is 2.84. The molecule has 1 aromatic heterocycles. The Hall–Kier alpha value is -1.81. The number of carbonyl (C=O) groups is 1. The molecule has 0 fully saturated rings. The largest absolute Gasteiger partial charge is 0.476 e. The Morgan fingerprint density at radius 3 is 3.06 bits per heavy atom. The number of allylic oxidation sites excluding steroid dienone is 6. The van der Waals surface area contributed by atoms with Crippen molar-refractivity contribution in [3.05, 3.63) is 47.2 Å². The third-order valence-corrected chi connectivity index (χ3v) is 2.27. The first-order chi connectivity index (χ1) is 7.66. The average Bonchev–Trinajstić information content (AvgIpc) is 2.63. The van der Waals surface area contributed by atoms with Crippen LogP contribution in [0.2, 0.25) is 0 Å². The lowest BCUT2D eigenvalue weighted by molar-refractivity contribution is 0.0690. The maximum atomic E-state index is 10.6. The normalized spacial score (nSPS) is 15.3. The van der Waals surface area contributed by atoms with Crippen molar-refractivity contribution in [2.75, 3.05) is 0 Å². The van der Waals surface area contributed by atoms with E-state index in [0.29, 0.717) is 17.0 Å². The van der Waals surface area contributed by atoms with Gasteiger partial charge in [-0.25, -0.2) is 9.78 Å². The topological polar surface area (TPSA) is 63.3 Å². The quantitative estimate of drug-likeness (QED) is 0.859. The number of hydrogen-bond donors (Lipinski definition) is 1. The summed E-state index contributed by atoms with van der Waals surface area (Å²) in [6.07, 6.45) is 8.95. The second-order valence-corrected chi connectivity index (χ2v) is 3.67. The minimum atomic E-state index is -1.12. The monoisotopic (exact) mass is 237 g/mol. The zero-order valence-electron chi connectivity index (χ0n) is 8.18. The second-order valence-electron chi connectivity index (χ2n) is 3.19. The summed E-state index contributed by atoms with van der Waals surface area (Å²) in [5.74, 6) is -0.864. The number of oxazole rings is 1. The van der Waals surface area contributed by atoms with Crippen molar-refractivity contribution in [2.45, 2.75) is 6.42 Å². The first-order valence-electron chi connectivity index (χ1n) is 4.59. The van der Waals surface area contributed by atoms with E-state index in [9.17, 15) is 4.79 Å². The van der Waals surface area contributed by atoms with Gasteiger partial charge in [0.05, 0.1) is 0 Å². The molecule has 1 heterocycles. The highest BCUT2D eigenvalue weighted by Gasteiger charge is 2.13. The molecule has 0 bridgehead atoms. The third kappa shape index (κ3) is 2.23. The van der Waals surface area contributed by atoms with E-state index in [1.807, 2.05) is 12.2 Å². The van der Waals surface area contributed by atoms with E-state index < -0.39 is 5.97 Å². The average molecular weight is 238 g/mol. The molecule has 0 spiro atoms. The molecule has 1 aliphatic rings. The first-order valence-corrected chi connectivity index (χ1v) is 4.96. The molecule has 0 saturated heterocycles. The number of hydrogen-bond acceptors (Lipinski definition) is 3. The maximum absolute atomic E-state index is 10.6. The van der Waals surface area contributed by atoms with Gasteiger partial charge in [0, 0.05) is 17.0 Å². The van der Waals surface area contributed by atoms with Crippen molar-refractivity contribution in [1.29, 1.82) is 0 Å². The fraction of sp³-hybridized carbons (Fsp3) is 0.0909. The highest BCUT2D eigenvalue weighted by Crippen LogP contribution is 2.23. The van der Waals surface area contributed by atoms with Crippen LogP contribution in [0.15, 0.2) is 40.0 Å². The van der Waals surface area contributed by atoms with Gasteiger partial charge in [-0.15, -0.1) is 0 Å². The van der Waals surface area contributed by atoms with Gasteiger partial charge in [-0.05, 0) is 12.2 Å². The lowest BCUT2D eigenvalue weighted by atomic mass is 10.2. The summed E-state index contributed by atoms with van der Waals surface area (Å²) in [7, 11) is 0. The number of aromatic carboxylic acids is 1. The summed E-state index contributed by atoms with van der Waals surface area (Å²) >= 11 is 5.92. The van der Waals surface area contributed by atoms with Crippen molar-refractivity contribution in [3.63, 3.8) is 0 Å². The summed E-state index contributed by atoms with van der Waals surface area (Å²) in [5.41, 5.74) is 0.542. The van der Waals surface area contributed by atoms with Crippen LogP contribution in [-0.4, -0.2) is 16.1 Å². The number of rotatable bonds is 2. The molecule has 5 heteroatoms. The van der Waals surface area contributed by atoms with Gasteiger partial charge in [0.15, 0.2) is 5.69 Å². The van der Waals surface area contributed by atoms with Crippen LogP contribution in [-0.2, 0) is 0 Å². The predicted molar refractivity (Wildman–Crippen MR) is 59.1 cm³/mol. The Morgan fingerprint density at radius 1 is 1.56 bits per heavy atom. The molecule has 0 atom stereocenters. The number of nitrogens with zero attached hydrogens (tertiary/aromatic N) is 1. The minimum absolute atomic E-state index is 0.117. The Bertz CT molecular complexity index is 511. The van der Waals surface area contributed by atoms with Crippen molar-refractivity contribution in [2.24, 2.45) is 0 Å². The molecule has 0 aliphatic heterocycles. The molecule has 82 valence electrons. The molecule has 0 unspecified atom stereocenters. The summed E-state index contributed by atoms with van der Waals surface area (Å²) in [4.78, 5) is 14.5. The van der Waals surface area contributed by atoms with Crippen molar-refractivity contribution >= 4 is 23.1 Å². The van der Waals surface area contributed by atoms with Crippen LogP contribution in [0.4, 0.5) is 0 Å². The molecule has 16 heavy (non-hydrogen) atoms. The van der Waals surface area contributed by atoms with Crippen LogP contribution in [0.1, 0.15) is 22.8 Å². The fourth-order valence-electron chi connectivity index (χ4n) is 1.27. The standard InChI is InChI=1S/C11H8ClNO3/c12-8-4-2-1-3-7(5-8)10-13-9(6-16-10)11(14)15/h1-3,5-6H,4H2,(H,14,15). The van der Waals surface area contributed by atoms with Gasteiger partial charge in [-0.3, -0.25) is 0 Å². The van der Waals surface area contributed by atoms with Gasteiger partial charge in [0.1, 0.15) is 6.26 Å². The highest BCUT2D eigenvalue weighted by molar-refractivity contribution is 6.30. The molecular formula is C11H8ClNO3. The molecular weight excluding hydrogens is 230 g/mol. The summed E-state index contributed by atoms with van der Waals surface area (Å²) in [6, 6.07) is 0. The van der Waals surface area contributed by atoms with E-state index in [2.05, 4.69) is 4.98 Å². The first kappa shape index (κ1) is 10.7. The lowest BCUT2D eigenvalue weighted by Gasteiger charge is -1.94. The van der Waals surface area contributed by atoms with E-state index in [-0.39, 0.29) is 11.6 Å². The van der Waals surface area contributed by atoms with Crippen molar-refractivity contribution < 1.29 is 14.3 Å². The van der Waals surface area contributed by atoms with E-state index >= 15 is 0 Å². The summed E-state index contributed by atoms with van der Waals surface area (Å²) in [6.45, 7) is 0. The van der Waals surface area contributed by atoms with Crippen molar-refractivity contribution in [3.8, 4) is 0 Å². The zero-order valence-corrected chi connectivity index (χ0v) is 8.94. The maximum Gasteiger partial charge on any atom is 0.357 e. The van der Waals surface area contributed by atoms with Crippen LogP contribution in [0.5, 0.6) is 0 Å². The smallest absolute Gasteiger partial charge is 0.357 e. The van der Waals surface area contributed by atoms with Gasteiger partial charge in [-0.2, -0.15) is 0 Å².